The number of rotatable bonds is 5. The molecule has 1 aliphatic heterocycles. The lowest BCUT2D eigenvalue weighted by atomic mass is 9.84. The van der Waals surface area contributed by atoms with E-state index in [0.717, 1.165) is 25.2 Å². The van der Waals surface area contributed by atoms with E-state index in [0.29, 0.717) is 28.1 Å². The van der Waals surface area contributed by atoms with Crippen LogP contribution in [0.5, 0.6) is 0 Å². The number of amides is 1. The van der Waals surface area contributed by atoms with Gasteiger partial charge in [0.2, 0.25) is 0 Å². The maximum Gasteiger partial charge on any atom is 0.258 e. The molecule has 28 heavy (non-hydrogen) atoms. The monoisotopic (exact) mass is 373 g/mol. The molecule has 0 atom stereocenters. The third-order valence-corrected chi connectivity index (χ3v) is 5.47. The number of ketones is 1. The van der Waals surface area contributed by atoms with Crippen molar-refractivity contribution in [1.29, 1.82) is 0 Å². The number of nitrogens with one attached hydrogen (secondary N) is 1. The minimum atomic E-state index is -0.322. The van der Waals surface area contributed by atoms with Gasteiger partial charge in [0, 0.05) is 17.7 Å². The van der Waals surface area contributed by atoms with E-state index in [1.54, 1.807) is 18.2 Å². The highest BCUT2D eigenvalue weighted by Gasteiger charge is 2.39. The molecule has 0 saturated heterocycles. The molecule has 2 aromatic rings. The van der Waals surface area contributed by atoms with Crippen molar-refractivity contribution in [2.75, 3.05) is 13.1 Å². The van der Waals surface area contributed by atoms with Crippen LogP contribution in [-0.4, -0.2) is 29.7 Å². The lowest BCUT2D eigenvalue weighted by Gasteiger charge is -2.19. The van der Waals surface area contributed by atoms with Gasteiger partial charge in [-0.3, -0.25) is 14.5 Å². The number of benzene rings is 2. The van der Waals surface area contributed by atoms with E-state index in [1.807, 2.05) is 30.3 Å². The summed E-state index contributed by atoms with van der Waals surface area (Å²) in [4.78, 5) is 28.0. The zero-order chi connectivity index (χ0) is 19.8. The van der Waals surface area contributed by atoms with Gasteiger partial charge < -0.3 is 11.1 Å². The van der Waals surface area contributed by atoms with Crippen molar-refractivity contribution in [2.24, 2.45) is 5.73 Å². The van der Waals surface area contributed by atoms with Crippen LogP contribution in [0.15, 0.2) is 59.7 Å². The Balaban J connectivity index is 1.76. The summed E-state index contributed by atoms with van der Waals surface area (Å²) in [7, 11) is 0. The van der Waals surface area contributed by atoms with Gasteiger partial charge in [0.15, 0.2) is 5.78 Å². The van der Waals surface area contributed by atoms with Gasteiger partial charge in [0.05, 0.1) is 22.5 Å². The molecule has 0 spiro atoms. The van der Waals surface area contributed by atoms with Gasteiger partial charge >= 0.3 is 0 Å². The predicted octanol–water partition coefficient (Wildman–Crippen LogP) is 2.94. The van der Waals surface area contributed by atoms with Crippen molar-refractivity contribution in [3.8, 4) is 0 Å². The quantitative estimate of drug-likeness (QED) is 0.845. The van der Waals surface area contributed by atoms with E-state index < -0.39 is 0 Å². The summed E-state index contributed by atoms with van der Waals surface area (Å²) in [5.74, 6) is -0.488. The van der Waals surface area contributed by atoms with Crippen molar-refractivity contribution >= 4 is 23.1 Å². The molecule has 5 heteroatoms. The summed E-state index contributed by atoms with van der Waals surface area (Å²) >= 11 is 0. The summed E-state index contributed by atoms with van der Waals surface area (Å²) in [5.41, 5.74) is 11.0. The Morgan fingerprint density at radius 3 is 2.18 bits per heavy atom. The summed E-state index contributed by atoms with van der Waals surface area (Å²) < 4.78 is 0. The molecule has 2 aliphatic rings. The number of hydrogen-bond donors (Lipinski definition) is 2. The highest BCUT2D eigenvalue weighted by atomic mass is 16.2. The fourth-order valence-electron chi connectivity index (χ4n) is 3.85. The molecule has 1 amide bonds. The van der Waals surface area contributed by atoms with Crippen molar-refractivity contribution in [2.45, 2.75) is 20.4 Å². The van der Waals surface area contributed by atoms with E-state index in [1.165, 1.54) is 5.56 Å². The van der Waals surface area contributed by atoms with Gasteiger partial charge in [0.1, 0.15) is 0 Å². The number of nitrogens with zero attached hydrogens (tertiary/aromatic N) is 1. The predicted molar refractivity (Wildman–Crippen MR) is 110 cm³/mol. The molecule has 0 saturated carbocycles. The molecule has 0 radical (unpaired) electrons. The second-order valence-electron chi connectivity index (χ2n) is 7.03. The summed E-state index contributed by atoms with van der Waals surface area (Å²) in [5, 5.41) is 2.86. The molecule has 0 bridgehead atoms. The van der Waals surface area contributed by atoms with Crippen molar-refractivity contribution < 1.29 is 9.59 Å². The van der Waals surface area contributed by atoms with Crippen LogP contribution >= 0.6 is 0 Å². The average Bonchev–Trinajstić information content (AvgIpc) is 3.08. The number of carbonyl (C=O) groups is 2. The second kappa shape index (κ2) is 7.09. The molecule has 3 N–H and O–H groups in total. The Morgan fingerprint density at radius 2 is 1.54 bits per heavy atom. The van der Waals surface area contributed by atoms with Crippen molar-refractivity contribution in [3.63, 3.8) is 0 Å². The summed E-state index contributed by atoms with van der Waals surface area (Å²) in [6, 6.07) is 15.1. The largest absolute Gasteiger partial charge is 0.398 e. The molecule has 142 valence electrons. The van der Waals surface area contributed by atoms with Crippen LogP contribution in [0.25, 0.3) is 11.4 Å². The lowest BCUT2D eigenvalue weighted by molar-refractivity contribution is -0.115. The Morgan fingerprint density at radius 1 is 0.893 bits per heavy atom. The molecule has 5 nitrogen and oxygen atoms in total. The molecule has 2 aromatic carbocycles. The maximum absolute atomic E-state index is 13.1. The van der Waals surface area contributed by atoms with Gasteiger partial charge in [0.25, 0.3) is 5.91 Å². The molecular weight excluding hydrogens is 350 g/mol. The smallest absolute Gasteiger partial charge is 0.258 e. The van der Waals surface area contributed by atoms with Crippen LogP contribution in [0, 0.1) is 0 Å². The zero-order valence-corrected chi connectivity index (χ0v) is 16.1. The number of hydrogen-bond acceptors (Lipinski definition) is 4. The van der Waals surface area contributed by atoms with Gasteiger partial charge in [-0.2, -0.15) is 0 Å². The van der Waals surface area contributed by atoms with Crippen LogP contribution in [0.4, 0.5) is 0 Å². The third kappa shape index (κ3) is 2.84. The first kappa shape index (κ1) is 18.2. The van der Waals surface area contributed by atoms with Crippen LogP contribution in [0.1, 0.15) is 40.9 Å². The van der Waals surface area contributed by atoms with Gasteiger partial charge in [-0.1, -0.05) is 62.4 Å². The first-order valence-electron chi connectivity index (χ1n) is 9.56. The van der Waals surface area contributed by atoms with Gasteiger partial charge in [-0.25, -0.2) is 0 Å². The van der Waals surface area contributed by atoms with Crippen molar-refractivity contribution in [3.05, 3.63) is 81.9 Å². The molecule has 1 aliphatic carbocycles. The highest BCUT2D eigenvalue weighted by Crippen LogP contribution is 2.39. The molecular formula is C23H23N3O2. The van der Waals surface area contributed by atoms with Crippen LogP contribution in [0.2, 0.25) is 0 Å². The normalized spacial score (nSPS) is 15.8. The van der Waals surface area contributed by atoms with Gasteiger partial charge in [-0.05, 0) is 24.2 Å². The summed E-state index contributed by atoms with van der Waals surface area (Å²) in [6.45, 7) is 7.14. The first-order chi connectivity index (χ1) is 13.5. The van der Waals surface area contributed by atoms with E-state index in [2.05, 4.69) is 24.1 Å². The Kier molecular flexibility index (Phi) is 4.61. The highest BCUT2D eigenvalue weighted by molar-refractivity contribution is 6.32. The number of fused-ring (bicyclic) bond motifs is 2. The molecule has 4 rings (SSSR count). The van der Waals surface area contributed by atoms with E-state index in [-0.39, 0.29) is 17.3 Å². The fourth-order valence-corrected chi connectivity index (χ4v) is 3.85. The SMILES string of the molecule is CCN(CC)Cc1ccc(C2=C3C(=O)c4ccccc4C(N)=C3C(=O)N2)cc1. The van der Waals surface area contributed by atoms with Crippen LogP contribution in [-0.2, 0) is 11.3 Å². The van der Waals surface area contributed by atoms with E-state index in [9.17, 15) is 9.59 Å². The topological polar surface area (TPSA) is 75.4 Å². The van der Waals surface area contributed by atoms with E-state index in [4.69, 9.17) is 5.73 Å². The van der Waals surface area contributed by atoms with Crippen molar-refractivity contribution in [1.82, 2.24) is 10.2 Å². The van der Waals surface area contributed by atoms with Gasteiger partial charge in [-0.15, -0.1) is 0 Å². The maximum atomic E-state index is 13.1. The number of Topliss-reactive ketones (excluding diaryl/α,β-unsaturated/α-hetero) is 1. The average molecular weight is 373 g/mol. The number of carbonyl (C=O) groups excluding carboxylic acids is 2. The Labute approximate surface area is 164 Å². The van der Waals surface area contributed by atoms with Crippen LogP contribution in [0.3, 0.4) is 0 Å². The van der Waals surface area contributed by atoms with E-state index >= 15 is 0 Å². The Bertz CT molecular complexity index is 1030. The summed E-state index contributed by atoms with van der Waals surface area (Å²) in [6.07, 6.45) is 0. The third-order valence-electron chi connectivity index (χ3n) is 5.47. The second-order valence-corrected chi connectivity index (χ2v) is 7.03. The molecule has 0 unspecified atom stereocenters. The first-order valence-corrected chi connectivity index (χ1v) is 9.56. The molecule has 0 fully saturated rings. The van der Waals surface area contributed by atoms with Crippen LogP contribution < -0.4 is 11.1 Å². The minimum Gasteiger partial charge on any atom is -0.398 e. The molecule has 1 heterocycles. The zero-order valence-electron chi connectivity index (χ0n) is 16.1. The number of nitrogens with two attached hydrogens (primary N) is 1. The molecule has 0 aromatic heterocycles. The lowest BCUT2D eigenvalue weighted by Crippen LogP contribution is -2.22. The fraction of sp³-hybridized carbons (Fsp3) is 0.217. The minimum absolute atomic E-state index is 0.166. The Hall–Kier alpha value is -3.18. The standard InChI is InChI=1S/C23H23N3O2/c1-3-26(4-2)13-14-9-11-15(12-10-14)21-19-18(23(28)25-21)20(24)16-7-5-6-8-17(16)22(19)27/h5-12H,3-4,13,24H2,1-2H3,(H,25,28).